The average Bonchev–Trinajstić information content (AvgIpc) is 3.55. The summed E-state index contributed by atoms with van der Waals surface area (Å²) in [6.07, 6.45) is -6.34. The van der Waals surface area contributed by atoms with E-state index in [1.807, 2.05) is 0 Å². The van der Waals surface area contributed by atoms with Crippen molar-refractivity contribution < 1.29 is 44.7 Å². The van der Waals surface area contributed by atoms with Gasteiger partial charge in [0.15, 0.2) is 15.1 Å². The molecule has 1 saturated heterocycles. The zero-order valence-electron chi connectivity index (χ0n) is 22.2. The maximum absolute atomic E-state index is 13.2. The second-order valence-electron chi connectivity index (χ2n) is 10.2. The predicted molar refractivity (Wildman–Crippen MR) is 150 cm³/mol. The number of rotatable bonds is 10. The fraction of sp³-hybridized carbons (Fsp3) is 0.360. The van der Waals surface area contributed by atoms with E-state index < -0.39 is 62.7 Å². The van der Waals surface area contributed by atoms with Crippen LogP contribution in [0.2, 0.25) is 0 Å². The van der Waals surface area contributed by atoms with Crippen LogP contribution in [0.3, 0.4) is 0 Å². The molecule has 3 heterocycles. The molecule has 1 aliphatic rings. The standard InChI is InChI=1S/C25H24F3N5O7S3/c1-24(35)12-33(13-24)23(34)16-4-2-3-14(9-16)15-5-6-17-18(10-15)41-22(30-17)20(43(38,39)8-7-25(26,27)28)21-32-31-19(40-21)11-29-42(36)37/h2-6,9-10,20,29,35H,7-8,11-13H2,1H3,(H,36,37). The van der Waals surface area contributed by atoms with Crippen LogP contribution < -0.4 is 4.72 Å². The summed E-state index contributed by atoms with van der Waals surface area (Å²) < 4.78 is 93.1. The molecule has 2 aromatic carbocycles. The number of aliphatic hydroxyl groups is 1. The van der Waals surface area contributed by atoms with Gasteiger partial charge in [-0.25, -0.2) is 22.3 Å². The summed E-state index contributed by atoms with van der Waals surface area (Å²) in [5.41, 5.74) is 1.22. The van der Waals surface area contributed by atoms with Crippen LogP contribution in [0, 0.1) is 0 Å². The SMILES string of the molecule is CC1(O)CN(C(=O)c2cccc(-c3ccc4nc(C(c5nnc(CNS(=O)O)o5)S(=O)(=O)CCC(F)(F)F)sc4c3)c2)C1. The molecule has 0 aliphatic carbocycles. The summed E-state index contributed by atoms with van der Waals surface area (Å²) in [6.45, 7) is 1.69. The quantitative estimate of drug-likeness (QED) is 0.214. The molecule has 0 spiro atoms. The molecule has 2 unspecified atom stereocenters. The van der Waals surface area contributed by atoms with Gasteiger partial charge < -0.3 is 14.4 Å². The number of alkyl halides is 3. The van der Waals surface area contributed by atoms with Crippen LogP contribution in [0.5, 0.6) is 0 Å². The topological polar surface area (TPSA) is 176 Å². The highest BCUT2D eigenvalue weighted by atomic mass is 32.2. The maximum atomic E-state index is 13.2. The molecular formula is C25H24F3N5O7S3. The van der Waals surface area contributed by atoms with Crippen LogP contribution in [-0.4, -0.2) is 78.9 Å². The number of hydrogen-bond acceptors (Lipinski definition) is 10. The van der Waals surface area contributed by atoms with Gasteiger partial charge in [0, 0.05) is 5.56 Å². The first-order valence-electron chi connectivity index (χ1n) is 12.6. The van der Waals surface area contributed by atoms with Gasteiger partial charge in [0.05, 0.1) is 47.6 Å². The minimum atomic E-state index is -4.74. The third-order valence-corrected chi connectivity index (χ3v) is 10.0. The first kappa shape index (κ1) is 31.1. The Balaban J connectivity index is 1.47. The molecule has 230 valence electrons. The number of likely N-dealkylation sites (tertiary alicyclic amines) is 1. The number of benzene rings is 2. The third kappa shape index (κ3) is 7.27. The molecule has 2 aromatic heterocycles. The summed E-state index contributed by atoms with van der Waals surface area (Å²) in [6, 6.07) is 11.9. The first-order chi connectivity index (χ1) is 20.1. The van der Waals surface area contributed by atoms with Gasteiger partial charge in [0.1, 0.15) is 5.01 Å². The molecule has 1 aliphatic heterocycles. The molecule has 5 rings (SSSR count). The van der Waals surface area contributed by atoms with E-state index in [1.165, 1.54) is 4.90 Å². The van der Waals surface area contributed by atoms with Crippen molar-refractivity contribution in [2.24, 2.45) is 0 Å². The van der Waals surface area contributed by atoms with Gasteiger partial charge in [-0.05, 0) is 42.3 Å². The van der Waals surface area contributed by atoms with Crippen LogP contribution in [0.15, 0.2) is 46.9 Å². The number of nitrogens with one attached hydrogen (secondary N) is 1. The van der Waals surface area contributed by atoms with Gasteiger partial charge in [0.25, 0.3) is 5.91 Å². The molecule has 4 aromatic rings. The minimum Gasteiger partial charge on any atom is -0.422 e. The van der Waals surface area contributed by atoms with E-state index >= 15 is 0 Å². The number of fused-ring (bicyclic) bond motifs is 1. The lowest BCUT2D eigenvalue weighted by atomic mass is 9.95. The zero-order valence-corrected chi connectivity index (χ0v) is 24.7. The van der Waals surface area contributed by atoms with Crippen molar-refractivity contribution in [2.75, 3.05) is 18.8 Å². The Morgan fingerprint density at radius 1 is 1.21 bits per heavy atom. The zero-order chi connectivity index (χ0) is 31.2. The second-order valence-corrected chi connectivity index (χ2v) is 14.2. The molecule has 43 heavy (non-hydrogen) atoms. The summed E-state index contributed by atoms with van der Waals surface area (Å²) >= 11 is -1.51. The lowest BCUT2D eigenvalue weighted by Gasteiger charge is -2.44. The van der Waals surface area contributed by atoms with E-state index in [1.54, 1.807) is 49.4 Å². The highest BCUT2D eigenvalue weighted by Crippen LogP contribution is 2.38. The van der Waals surface area contributed by atoms with Crippen LogP contribution in [-0.2, 0) is 27.6 Å². The molecule has 18 heteroatoms. The van der Waals surface area contributed by atoms with Crippen LogP contribution in [0.25, 0.3) is 21.3 Å². The normalized spacial score (nSPS) is 16.7. The monoisotopic (exact) mass is 659 g/mol. The fourth-order valence-electron chi connectivity index (χ4n) is 4.52. The number of hydrogen-bond donors (Lipinski definition) is 3. The number of thiazole rings is 1. The van der Waals surface area contributed by atoms with Crippen molar-refractivity contribution in [1.82, 2.24) is 24.8 Å². The third-order valence-electron chi connectivity index (χ3n) is 6.51. The summed E-state index contributed by atoms with van der Waals surface area (Å²) in [4.78, 5) is 18.7. The Morgan fingerprint density at radius 2 is 1.93 bits per heavy atom. The molecule has 0 bridgehead atoms. The molecular weight excluding hydrogens is 635 g/mol. The van der Waals surface area contributed by atoms with E-state index in [9.17, 15) is 35.7 Å². The summed E-state index contributed by atoms with van der Waals surface area (Å²) in [7, 11) is -4.58. The van der Waals surface area contributed by atoms with Crippen molar-refractivity contribution >= 4 is 48.6 Å². The fourth-order valence-corrected chi connectivity index (χ4v) is 7.85. The van der Waals surface area contributed by atoms with E-state index in [-0.39, 0.29) is 29.9 Å². The number of nitrogens with zero attached hydrogens (tertiary/aromatic N) is 4. The van der Waals surface area contributed by atoms with E-state index in [2.05, 4.69) is 19.9 Å². The van der Waals surface area contributed by atoms with Gasteiger partial charge in [0.2, 0.25) is 23.0 Å². The molecule has 2 atom stereocenters. The molecule has 0 radical (unpaired) electrons. The lowest BCUT2D eigenvalue weighted by molar-refractivity contribution is -0.129. The van der Waals surface area contributed by atoms with Crippen molar-refractivity contribution in [3.05, 3.63) is 64.8 Å². The number of halogens is 3. The number of carbonyl (C=O) groups excluding carboxylic acids is 1. The van der Waals surface area contributed by atoms with Gasteiger partial charge in [-0.3, -0.25) is 9.35 Å². The Hall–Kier alpha value is -3.29. The molecule has 3 N–H and O–H groups in total. The number of aromatic nitrogens is 3. The number of β-amino-alcohol motifs (C(OH)–C–C–N with tert-alkyl or cyclic N) is 1. The van der Waals surface area contributed by atoms with E-state index in [0.717, 1.165) is 11.3 Å². The lowest BCUT2D eigenvalue weighted by Crippen LogP contribution is -2.61. The van der Waals surface area contributed by atoms with Gasteiger partial charge in [-0.2, -0.15) is 13.2 Å². The van der Waals surface area contributed by atoms with Crippen LogP contribution >= 0.6 is 11.3 Å². The highest BCUT2D eigenvalue weighted by molar-refractivity contribution is 7.92. The number of sulfone groups is 1. The van der Waals surface area contributed by atoms with Crippen LogP contribution in [0.1, 0.15) is 45.7 Å². The van der Waals surface area contributed by atoms with Crippen molar-refractivity contribution in [3.8, 4) is 11.1 Å². The Kier molecular flexibility index (Phi) is 8.45. The van der Waals surface area contributed by atoms with Crippen LogP contribution in [0.4, 0.5) is 13.2 Å². The van der Waals surface area contributed by atoms with Gasteiger partial charge >= 0.3 is 6.18 Å². The molecule has 1 fully saturated rings. The number of amides is 1. The predicted octanol–water partition coefficient (Wildman–Crippen LogP) is 3.24. The average molecular weight is 660 g/mol. The van der Waals surface area contributed by atoms with Crippen molar-refractivity contribution in [2.45, 2.75) is 36.9 Å². The number of carbonyl (C=O) groups is 1. The van der Waals surface area contributed by atoms with E-state index in [0.29, 0.717) is 26.9 Å². The van der Waals surface area contributed by atoms with E-state index in [4.69, 9.17) is 8.97 Å². The first-order valence-corrected chi connectivity index (χ1v) is 16.2. The molecule has 12 nitrogen and oxygen atoms in total. The van der Waals surface area contributed by atoms with Crippen molar-refractivity contribution in [1.29, 1.82) is 0 Å². The Morgan fingerprint density at radius 3 is 2.60 bits per heavy atom. The maximum Gasteiger partial charge on any atom is 0.390 e. The molecule has 1 amide bonds. The second kappa shape index (κ2) is 11.7. The Bertz CT molecular complexity index is 1800. The summed E-state index contributed by atoms with van der Waals surface area (Å²) in [5.74, 6) is -2.28. The largest absolute Gasteiger partial charge is 0.422 e. The minimum absolute atomic E-state index is 0.100. The van der Waals surface area contributed by atoms with Gasteiger partial charge in [-0.1, -0.05) is 18.2 Å². The molecule has 0 saturated carbocycles. The van der Waals surface area contributed by atoms with Crippen molar-refractivity contribution in [3.63, 3.8) is 0 Å². The highest BCUT2D eigenvalue weighted by Gasteiger charge is 2.41. The Labute approximate surface area is 249 Å². The smallest absolute Gasteiger partial charge is 0.390 e. The summed E-state index contributed by atoms with van der Waals surface area (Å²) in [5, 5.41) is 15.4. The van der Waals surface area contributed by atoms with Gasteiger partial charge in [-0.15, -0.1) is 21.5 Å².